The number of carbonyl (C=O) groups excluding carboxylic acids is 1. The van der Waals surface area contributed by atoms with E-state index in [-0.39, 0.29) is 6.61 Å². The monoisotopic (exact) mass is 340 g/mol. The molecule has 0 amide bonds. The van der Waals surface area contributed by atoms with E-state index in [9.17, 15) is 4.79 Å². The third-order valence-corrected chi connectivity index (χ3v) is 3.65. The molecule has 0 aliphatic carbocycles. The van der Waals surface area contributed by atoms with Crippen LogP contribution in [0.15, 0.2) is 35.5 Å². The van der Waals surface area contributed by atoms with Crippen LogP contribution in [0.2, 0.25) is 5.02 Å². The third-order valence-electron chi connectivity index (χ3n) is 3.19. The predicted octanol–water partition coefficient (Wildman–Crippen LogP) is 2.32. The van der Waals surface area contributed by atoms with Gasteiger partial charge in [0, 0.05) is 17.8 Å². The Morgan fingerprint density at radius 1 is 1.41 bits per heavy atom. The standard InChI is InChI=1S/C15H17ClN2O3S/c1-9-12(14(19)21-7-6-20-2)13(18-15(22)17-9)10-4-3-5-11(16)8-10/h3-5,8,13H,6-7H2,1-2H3,(H2,17,18,22)/t13-/m1/s1. The van der Waals surface area contributed by atoms with E-state index >= 15 is 0 Å². The van der Waals surface area contributed by atoms with E-state index in [1.165, 1.54) is 0 Å². The molecule has 1 aliphatic heterocycles. The average Bonchev–Trinajstić information content (AvgIpc) is 2.46. The van der Waals surface area contributed by atoms with Gasteiger partial charge in [0.05, 0.1) is 18.2 Å². The lowest BCUT2D eigenvalue weighted by atomic mass is 9.96. The molecule has 0 spiro atoms. The van der Waals surface area contributed by atoms with Crippen molar-refractivity contribution in [3.05, 3.63) is 46.1 Å². The molecule has 0 fully saturated rings. The molecule has 0 unspecified atom stereocenters. The number of ether oxygens (including phenoxy) is 2. The van der Waals surface area contributed by atoms with Gasteiger partial charge in [0.25, 0.3) is 0 Å². The van der Waals surface area contributed by atoms with Crippen LogP contribution in [0, 0.1) is 0 Å². The first-order chi connectivity index (χ1) is 10.5. The van der Waals surface area contributed by atoms with Crippen molar-refractivity contribution in [2.75, 3.05) is 20.3 Å². The molecule has 0 bridgehead atoms. The predicted molar refractivity (Wildman–Crippen MR) is 88.6 cm³/mol. The van der Waals surface area contributed by atoms with Gasteiger partial charge in [-0.05, 0) is 36.8 Å². The summed E-state index contributed by atoms with van der Waals surface area (Å²) in [6, 6.07) is 6.88. The van der Waals surface area contributed by atoms with Gasteiger partial charge < -0.3 is 20.1 Å². The van der Waals surface area contributed by atoms with Crippen molar-refractivity contribution in [2.45, 2.75) is 13.0 Å². The number of hydrogen-bond acceptors (Lipinski definition) is 4. The smallest absolute Gasteiger partial charge is 0.338 e. The maximum Gasteiger partial charge on any atom is 0.338 e. The Balaban J connectivity index is 2.30. The Labute approximate surface area is 139 Å². The van der Waals surface area contributed by atoms with E-state index in [0.717, 1.165) is 5.56 Å². The van der Waals surface area contributed by atoms with Crippen molar-refractivity contribution in [1.82, 2.24) is 10.6 Å². The quantitative estimate of drug-likeness (QED) is 0.487. The molecule has 2 rings (SSSR count). The number of rotatable bonds is 5. The van der Waals surface area contributed by atoms with E-state index in [2.05, 4.69) is 10.6 Å². The summed E-state index contributed by atoms with van der Waals surface area (Å²) in [6.45, 7) is 2.33. The van der Waals surface area contributed by atoms with Gasteiger partial charge in [0.1, 0.15) is 6.61 Å². The van der Waals surface area contributed by atoms with Gasteiger partial charge in [-0.25, -0.2) is 4.79 Å². The second-order valence-corrected chi connectivity index (χ2v) is 5.60. The molecular weight excluding hydrogens is 324 g/mol. The lowest BCUT2D eigenvalue weighted by Crippen LogP contribution is -2.45. The normalized spacial score (nSPS) is 17.8. The third kappa shape index (κ3) is 3.97. The van der Waals surface area contributed by atoms with Gasteiger partial charge in [0.15, 0.2) is 5.11 Å². The van der Waals surface area contributed by atoms with Gasteiger partial charge in [-0.3, -0.25) is 0 Å². The minimum atomic E-state index is -0.415. The molecule has 1 heterocycles. The lowest BCUT2D eigenvalue weighted by molar-refractivity contribution is -0.140. The number of benzene rings is 1. The highest BCUT2D eigenvalue weighted by Crippen LogP contribution is 2.29. The summed E-state index contributed by atoms with van der Waals surface area (Å²) in [4.78, 5) is 12.4. The van der Waals surface area contributed by atoms with E-state index in [4.69, 9.17) is 33.3 Å². The van der Waals surface area contributed by atoms with Crippen molar-refractivity contribution >= 4 is 34.9 Å². The fourth-order valence-corrected chi connectivity index (χ4v) is 2.67. The first-order valence-electron chi connectivity index (χ1n) is 6.72. The van der Waals surface area contributed by atoms with Crippen molar-refractivity contribution in [2.24, 2.45) is 0 Å². The second-order valence-electron chi connectivity index (χ2n) is 4.75. The molecule has 0 radical (unpaired) electrons. The minimum absolute atomic E-state index is 0.193. The van der Waals surface area contributed by atoms with Crippen molar-refractivity contribution < 1.29 is 14.3 Å². The number of halogens is 1. The number of thiocarbonyl (C=S) groups is 1. The summed E-state index contributed by atoms with van der Waals surface area (Å²) in [7, 11) is 1.55. The molecule has 2 N–H and O–H groups in total. The largest absolute Gasteiger partial charge is 0.460 e. The van der Waals surface area contributed by atoms with Crippen LogP contribution in [0.3, 0.4) is 0 Å². The molecule has 7 heteroatoms. The molecule has 1 aromatic carbocycles. The summed E-state index contributed by atoms with van der Waals surface area (Å²) < 4.78 is 10.1. The van der Waals surface area contributed by atoms with E-state index < -0.39 is 12.0 Å². The van der Waals surface area contributed by atoms with Crippen LogP contribution < -0.4 is 10.6 Å². The van der Waals surface area contributed by atoms with Gasteiger partial charge in [-0.1, -0.05) is 23.7 Å². The zero-order valence-corrected chi connectivity index (χ0v) is 13.9. The summed E-state index contributed by atoms with van der Waals surface area (Å²) in [5.74, 6) is -0.415. The number of nitrogens with one attached hydrogen (secondary N) is 2. The Bertz CT molecular complexity index is 619. The van der Waals surface area contributed by atoms with Gasteiger partial charge in [-0.2, -0.15) is 0 Å². The average molecular weight is 341 g/mol. The summed E-state index contributed by atoms with van der Waals surface area (Å²) >= 11 is 11.2. The lowest BCUT2D eigenvalue weighted by Gasteiger charge is -2.30. The fraction of sp³-hybridized carbons (Fsp3) is 0.333. The first kappa shape index (κ1) is 16.7. The van der Waals surface area contributed by atoms with Crippen LogP contribution in [0.1, 0.15) is 18.5 Å². The highest BCUT2D eigenvalue weighted by Gasteiger charge is 2.30. The molecule has 1 aromatic rings. The molecule has 0 saturated carbocycles. The van der Waals surface area contributed by atoms with Crippen molar-refractivity contribution in [1.29, 1.82) is 0 Å². The van der Waals surface area contributed by atoms with Crippen molar-refractivity contribution in [3.8, 4) is 0 Å². The van der Waals surface area contributed by atoms with Crippen LogP contribution in [0.5, 0.6) is 0 Å². The van der Waals surface area contributed by atoms with Gasteiger partial charge in [0.2, 0.25) is 0 Å². The van der Waals surface area contributed by atoms with Gasteiger partial charge in [-0.15, -0.1) is 0 Å². The zero-order chi connectivity index (χ0) is 16.1. The SMILES string of the molecule is COCCOC(=O)C1=C(C)NC(=S)N[C@@H]1c1cccc(Cl)c1. The molecule has 0 aromatic heterocycles. The molecule has 0 saturated heterocycles. The highest BCUT2D eigenvalue weighted by atomic mass is 35.5. The molecule has 1 atom stereocenters. The number of hydrogen-bond donors (Lipinski definition) is 2. The van der Waals surface area contributed by atoms with Gasteiger partial charge >= 0.3 is 5.97 Å². The molecule has 5 nitrogen and oxygen atoms in total. The minimum Gasteiger partial charge on any atom is -0.460 e. The number of allylic oxidation sites excluding steroid dienone is 1. The maximum absolute atomic E-state index is 12.4. The maximum atomic E-state index is 12.4. The number of methoxy groups -OCH3 is 1. The van der Waals surface area contributed by atoms with E-state index in [1.807, 2.05) is 12.1 Å². The van der Waals surface area contributed by atoms with Crippen LogP contribution in [0.25, 0.3) is 0 Å². The number of esters is 1. The Morgan fingerprint density at radius 2 is 2.18 bits per heavy atom. The summed E-state index contributed by atoms with van der Waals surface area (Å²) in [6.07, 6.45) is 0. The summed E-state index contributed by atoms with van der Waals surface area (Å²) in [5.41, 5.74) is 1.98. The molecular formula is C15H17ClN2O3S. The highest BCUT2D eigenvalue weighted by molar-refractivity contribution is 7.80. The van der Waals surface area contributed by atoms with E-state index in [0.29, 0.717) is 28.0 Å². The Morgan fingerprint density at radius 3 is 2.86 bits per heavy atom. The molecule has 118 valence electrons. The van der Waals surface area contributed by atoms with Crippen LogP contribution in [0.4, 0.5) is 0 Å². The fourth-order valence-electron chi connectivity index (χ4n) is 2.20. The Hall–Kier alpha value is -1.63. The van der Waals surface area contributed by atoms with Crippen LogP contribution in [-0.4, -0.2) is 31.4 Å². The Kier molecular flexibility index (Phi) is 5.76. The second kappa shape index (κ2) is 7.58. The number of carbonyl (C=O) groups is 1. The first-order valence-corrected chi connectivity index (χ1v) is 7.51. The van der Waals surface area contributed by atoms with Crippen LogP contribution >= 0.6 is 23.8 Å². The molecule has 1 aliphatic rings. The molecule has 22 heavy (non-hydrogen) atoms. The van der Waals surface area contributed by atoms with E-state index in [1.54, 1.807) is 26.2 Å². The van der Waals surface area contributed by atoms with Crippen LogP contribution in [-0.2, 0) is 14.3 Å². The summed E-state index contributed by atoms with van der Waals surface area (Å²) in [5, 5.41) is 7.08. The topological polar surface area (TPSA) is 59.6 Å². The zero-order valence-electron chi connectivity index (χ0n) is 12.3. The van der Waals surface area contributed by atoms with Crippen molar-refractivity contribution in [3.63, 3.8) is 0 Å².